The highest BCUT2D eigenvalue weighted by Gasteiger charge is 2.14. The number of amides is 1. The summed E-state index contributed by atoms with van der Waals surface area (Å²) in [5.74, 6) is 0.437. The van der Waals surface area contributed by atoms with Crippen LogP contribution in [0.15, 0.2) is 29.6 Å². The van der Waals surface area contributed by atoms with E-state index in [4.69, 9.17) is 16.3 Å². The first kappa shape index (κ1) is 14.8. The fourth-order valence-electron chi connectivity index (χ4n) is 1.58. The number of nitrogens with zero attached hydrogens (tertiary/aromatic N) is 1. The van der Waals surface area contributed by atoms with Crippen molar-refractivity contribution in [3.8, 4) is 5.75 Å². The molecule has 6 heteroatoms. The Labute approximate surface area is 126 Å². The molecule has 20 heavy (non-hydrogen) atoms. The normalized spacial score (nSPS) is 11.9. The van der Waals surface area contributed by atoms with Gasteiger partial charge in [0.2, 0.25) is 0 Å². The quantitative estimate of drug-likeness (QED) is 0.922. The van der Waals surface area contributed by atoms with E-state index in [0.29, 0.717) is 17.3 Å². The Bertz CT molecular complexity index is 583. The molecule has 1 aromatic carbocycles. The second kappa shape index (κ2) is 6.72. The van der Waals surface area contributed by atoms with Crippen molar-refractivity contribution in [1.29, 1.82) is 0 Å². The van der Waals surface area contributed by atoms with Crippen molar-refractivity contribution in [2.45, 2.75) is 26.5 Å². The molecule has 0 bridgehead atoms. The fraction of sp³-hybridized carbons (Fsp3) is 0.286. The lowest BCUT2D eigenvalue weighted by atomic mass is 10.3. The highest BCUT2D eigenvalue weighted by Crippen LogP contribution is 2.16. The van der Waals surface area contributed by atoms with Gasteiger partial charge in [-0.15, -0.1) is 11.3 Å². The summed E-state index contributed by atoms with van der Waals surface area (Å²) in [6.07, 6.45) is -0.573. The summed E-state index contributed by atoms with van der Waals surface area (Å²) in [4.78, 5) is 16.2. The highest BCUT2D eigenvalue weighted by molar-refractivity contribution is 7.09. The van der Waals surface area contributed by atoms with Gasteiger partial charge in [-0.2, -0.15) is 0 Å². The molecule has 1 amide bonds. The van der Waals surface area contributed by atoms with Gasteiger partial charge in [0.15, 0.2) is 6.10 Å². The van der Waals surface area contributed by atoms with Gasteiger partial charge in [-0.1, -0.05) is 11.6 Å². The van der Waals surface area contributed by atoms with Crippen LogP contribution in [0.2, 0.25) is 5.02 Å². The summed E-state index contributed by atoms with van der Waals surface area (Å²) in [6.45, 7) is 4.05. The van der Waals surface area contributed by atoms with Crippen LogP contribution in [0.4, 0.5) is 0 Å². The van der Waals surface area contributed by atoms with Gasteiger partial charge < -0.3 is 10.1 Å². The molecule has 0 spiro atoms. The standard InChI is InChI=1S/C14H15ClN2O2S/c1-9(19-13-5-3-11(15)4-6-13)14(18)16-7-12-8-20-10(2)17-12/h3-6,8-9H,7H2,1-2H3,(H,16,18). The summed E-state index contributed by atoms with van der Waals surface area (Å²) in [6, 6.07) is 6.91. The van der Waals surface area contributed by atoms with Gasteiger partial charge in [-0.05, 0) is 38.1 Å². The first-order chi connectivity index (χ1) is 9.54. The number of benzene rings is 1. The Morgan fingerprint density at radius 1 is 1.45 bits per heavy atom. The number of halogens is 1. The van der Waals surface area contributed by atoms with Crippen LogP contribution in [-0.2, 0) is 11.3 Å². The first-order valence-electron chi connectivity index (χ1n) is 6.15. The molecule has 1 aromatic heterocycles. The number of aryl methyl sites for hydroxylation is 1. The Hall–Kier alpha value is -1.59. The van der Waals surface area contributed by atoms with Crippen molar-refractivity contribution in [3.05, 3.63) is 45.4 Å². The van der Waals surface area contributed by atoms with Gasteiger partial charge >= 0.3 is 0 Å². The minimum atomic E-state index is -0.573. The molecule has 106 valence electrons. The van der Waals surface area contributed by atoms with Crippen molar-refractivity contribution < 1.29 is 9.53 Å². The van der Waals surface area contributed by atoms with Crippen LogP contribution in [0.3, 0.4) is 0 Å². The minimum absolute atomic E-state index is 0.175. The fourth-order valence-corrected chi connectivity index (χ4v) is 2.32. The molecule has 1 atom stereocenters. The zero-order valence-corrected chi connectivity index (χ0v) is 12.8. The van der Waals surface area contributed by atoms with E-state index in [1.165, 1.54) is 0 Å². The topological polar surface area (TPSA) is 51.2 Å². The van der Waals surface area contributed by atoms with E-state index in [-0.39, 0.29) is 5.91 Å². The van der Waals surface area contributed by atoms with E-state index < -0.39 is 6.10 Å². The lowest BCUT2D eigenvalue weighted by molar-refractivity contribution is -0.127. The molecule has 0 aliphatic rings. The van der Waals surface area contributed by atoms with Crippen LogP contribution in [0, 0.1) is 6.92 Å². The van der Waals surface area contributed by atoms with E-state index in [2.05, 4.69) is 10.3 Å². The maximum Gasteiger partial charge on any atom is 0.261 e. The van der Waals surface area contributed by atoms with Crippen LogP contribution in [-0.4, -0.2) is 17.0 Å². The number of thiazole rings is 1. The number of aromatic nitrogens is 1. The molecule has 0 radical (unpaired) electrons. The van der Waals surface area contributed by atoms with Gasteiger partial charge in [-0.3, -0.25) is 4.79 Å². The molecular weight excluding hydrogens is 296 g/mol. The lowest BCUT2D eigenvalue weighted by Gasteiger charge is -2.14. The first-order valence-corrected chi connectivity index (χ1v) is 7.41. The van der Waals surface area contributed by atoms with Crippen LogP contribution < -0.4 is 10.1 Å². The largest absolute Gasteiger partial charge is 0.481 e. The van der Waals surface area contributed by atoms with Crippen LogP contribution >= 0.6 is 22.9 Å². The van der Waals surface area contributed by atoms with Crippen molar-refractivity contribution >= 4 is 28.8 Å². The average Bonchev–Trinajstić information content (AvgIpc) is 2.84. The summed E-state index contributed by atoms with van der Waals surface area (Å²) < 4.78 is 5.54. The van der Waals surface area contributed by atoms with Gasteiger partial charge in [0.25, 0.3) is 5.91 Å². The van der Waals surface area contributed by atoms with E-state index in [0.717, 1.165) is 10.7 Å². The number of ether oxygens (including phenoxy) is 1. The molecule has 2 aromatic rings. The summed E-state index contributed by atoms with van der Waals surface area (Å²) in [7, 11) is 0. The maximum absolute atomic E-state index is 11.9. The number of nitrogens with one attached hydrogen (secondary N) is 1. The molecule has 0 saturated carbocycles. The maximum atomic E-state index is 11.9. The second-order valence-corrected chi connectivity index (χ2v) is 5.79. The van der Waals surface area contributed by atoms with Gasteiger partial charge in [0, 0.05) is 10.4 Å². The third-order valence-corrected chi connectivity index (χ3v) is 3.68. The van der Waals surface area contributed by atoms with Gasteiger partial charge in [-0.25, -0.2) is 4.98 Å². The lowest BCUT2D eigenvalue weighted by Crippen LogP contribution is -2.35. The number of hydrogen-bond acceptors (Lipinski definition) is 4. The van der Waals surface area contributed by atoms with Crippen molar-refractivity contribution in [2.75, 3.05) is 0 Å². The predicted octanol–water partition coefficient (Wildman–Crippen LogP) is 3.19. The molecule has 1 N–H and O–H groups in total. The average molecular weight is 311 g/mol. The predicted molar refractivity (Wildman–Crippen MR) is 80.2 cm³/mol. The SMILES string of the molecule is Cc1nc(CNC(=O)C(C)Oc2ccc(Cl)cc2)cs1. The summed E-state index contributed by atoms with van der Waals surface area (Å²) >= 11 is 7.35. The molecule has 1 heterocycles. The van der Waals surface area contributed by atoms with Crippen molar-refractivity contribution in [1.82, 2.24) is 10.3 Å². The van der Waals surface area contributed by atoms with Crippen molar-refractivity contribution in [2.24, 2.45) is 0 Å². The van der Waals surface area contributed by atoms with Crippen LogP contribution in [0.25, 0.3) is 0 Å². The number of rotatable bonds is 5. The molecule has 0 aliphatic heterocycles. The van der Waals surface area contributed by atoms with E-state index in [1.54, 1.807) is 42.5 Å². The van der Waals surface area contributed by atoms with Gasteiger partial charge in [0.05, 0.1) is 17.2 Å². The summed E-state index contributed by atoms with van der Waals surface area (Å²) in [5, 5.41) is 6.35. The zero-order valence-electron chi connectivity index (χ0n) is 11.2. The Morgan fingerprint density at radius 2 is 2.15 bits per heavy atom. The van der Waals surface area contributed by atoms with E-state index >= 15 is 0 Å². The molecule has 0 aliphatic carbocycles. The van der Waals surface area contributed by atoms with E-state index in [9.17, 15) is 4.79 Å². The number of hydrogen-bond donors (Lipinski definition) is 1. The summed E-state index contributed by atoms with van der Waals surface area (Å²) in [5.41, 5.74) is 0.861. The molecule has 1 unspecified atom stereocenters. The second-order valence-electron chi connectivity index (χ2n) is 4.29. The molecule has 0 saturated heterocycles. The van der Waals surface area contributed by atoms with Crippen LogP contribution in [0.5, 0.6) is 5.75 Å². The molecule has 2 rings (SSSR count). The van der Waals surface area contributed by atoms with E-state index in [1.807, 2.05) is 12.3 Å². The molecular formula is C14H15ClN2O2S. The zero-order chi connectivity index (χ0) is 14.5. The Balaban J connectivity index is 1.84. The van der Waals surface area contributed by atoms with Crippen molar-refractivity contribution in [3.63, 3.8) is 0 Å². The Morgan fingerprint density at radius 3 is 2.75 bits per heavy atom. The smallest absolute Gasteiger partial charge is 0.261 e. The molecule has 0 fully saturated rings. The molecule has 4 nitrogen and oxygen atoms in total. The third kappa shape index (κ3) is 4.21. The monoisotopic (exact) mass is 310 g/mol. The Kier molecular flexibility index (Phi) is 4.98. The van der Waals surface area contributed by atoms with Crippen LogP contribution in [0.1, 0.15) is 17.6 Å². The minimum Gasteiger partial charge on any atom is -0.481 e. The highest BCUT2D eigenvalue weighted by atomic mass is 35.5. The number of carbonyl (C=O) groups excluding carboxylic acids is 1. The number of carbonyl (C=O) groups is 1. The third-order valence-electron chi connectivity index (χ3n) is 2.61. The van der Waals surface area contributed by atoms with Gasteiger partial charge in [0.1, 0.15) is 5.75 Å².